The summed E-state index contributed by atoms with van der Waals surface area (Å²) in [6, 6.07) is 6.30. The summed E-state index contributed by atoms with van der Waals surface area (Å²) in [5.74, 6) is -3.47. The maximum absolute atomic E-state index is 15.0. The number of hydrogen-bond acceptors (Lipinski definition) is 10. The normalized spacial score (nSPS) is 29.4. The quantitative estimate of drug-likeness (QED) is 0.176. The third-order valence-electron chi connectivity index (χ3n) is 12.7. The summed E-state index contributed by atoms with van der Waals surface area (Å²) in [6.07, 6.45) is 4.47. The van der Waals surface area contributed by atoms with Crippen molar-refractivity contribution in [2.45, 2.75) is 135 Å². The van der Waals surface area contributed by atoms with Gasteiger partial charge in [0.15, 0.2) is 11.4 Å². The Labute approximate surface area is 339 Å². The predicted molar refractivity (Wildman–Crippen MR) is 213 cm³/mol. The van der Waals surface area contributed by atoms with Gasteiger partial charge in [-0.15, -0.1) is 0 Å². The van der Waals surface area contributed by atoms with Crippen LogP contribution in [0.25, 0.3) is 10.8 Å². The lowest BCUT2D eigenvalue weighted by molar-refractivity contribution is -0.174. The van der Waals surface area contributed by atoms with Gasteiger partial charge in [-0.1, -0.05) is 50.6 Å². The van der Waals surface area contributed by atoms with Crippen LogP contribution in [0.2, 0.25) is 0 Å². The van der Waals surface area contributed by atoms with E-state index < -0.39 is 80.3 Å². The van der Waals surface area contributed by atoms with Crippen LogP contribution < -0.4 is 14.2 Å². The third-order valence-corrected chi connectivity index (χ3v) is 14.9. The zero-order valence-corrected chi connectivity index (χ0v) is 35.1. The second-order valence-electron chi connectivity index (χ2n) is 17.6. The molecule has 1 aromatic carbocycles. The molecule has 1 aromatic heterocycles. The van der Waals surface area contributed by atoms with E-state index in [1.54, 1.807) is 13.1 Å². The number of sulfonamides is 1. The van der Waals surface area contributed by atoms with Gasteiger partial charge in [0.05, 0.1) is 47.9 Å². The molecule has 7 atom stereocenters. The molecular weight excluding hydrogens is 773 g/mol. The Bertz CT molecular complexity index is 2040. The fraction of sp³-hybridized carbons (Fsp3) is 0.651. The molecule has 1 N–H and O–H groups in total. The van der Waals surface area contributed by atoms with Crippen LogP contribution in [0.5, 0.6) is 11.6 Å². The van der Waals surface area contributed by atoms with Crippen molar-refractivity contribution in [2.24, 2.45) is 29.1 Å². The van der Waals surface area contributed by atoms with Crippen molar-refractivity contribution in [3.63, 3.8) is 0 Å². The zero-order chi connectivity index (χ0) is 42.2. The second kappa shape index (κ2) is 16.8. The number of amides is 2. The minimum Gasteiger partial charge on any atom is -0.492 e. The van der Waals surface area contributed by atoms with Gasteiger partial charge >= 0.3 is 5.97 Å². The van der Waals surface area contributed by atoms with E-state index >= 15 is 4.79 Å². The predicted octanol–water partition coefficient (Wildman–Crippen LogP) is 6.94. The molecular formula is C43H57F2N3O9S. The molecule has 0 unspecified atom stereocenters. The molecule has 58 heavy (non-hydrogen) atoms. The van der Waals surface area contributed by atoms with E-state index in [-0.39, 0.29) is 49.4 Å². The van der Waals surface area contributed by atoms with Gasteiger partial charge in [0.1, 0.15) is 11.9 Å². The Balaban J connectivity index is 1.37. The number of hydrogen-bond donors (Lipinski definition) is 1. The highest BCUT2D eigenvalue weighted by atomic mass is 32.2. The molecule has 2 saturated carbocycles. The number of fused-ring (bicyclic) bond motifs is 3. The minimum absolute atomic E-state index is 0.0329. The summed E-state index contributed by atoms with van der Waals surface area (Å²) in [4.78, 5) is 63.1. The zero-order valence-electron chi connectivity index (χ0n) is 34.3. The van der Waals surface area contributed by atoms with E-state index in [0.717, 1.165) is 25.7 Å². The van der Waals surface area contributed by atoms with E-state index in [4.69, 9.17) is 14.2 Å². The third kappa shape index (κ3) is 9.03. The van der Waals surface area contributed by atoms with Gasteiger partial charge in [-0.25, -0.2) is 22.2 Å². The monoisotopic (exact) mass is 829 g/mol. The fourth-order valence-corrected chi connectivity index (χ4v) is 9.90. The standard InChI is InChI=1S/C43H57F2N3O9S/c1-7-27-19-26(3)13-9-10-14-28-22-43(28,40(52)47-58(53,54)42(6)17-18-42)23-34(49)33-20-29(56-37-31-16-12-11-15-30(31)35(24-46-37)55-8-2)25-48(33)38(51)32(27)21-36(50)57-41(4,5)39(44)45/h10-12,14-16,24,26-29,32-33,39H,7-9,13,17-23,25H2,1-6H3,(H,47,52)/b14-10-/t26-,27+,28+,29+,32-,33-,43+/m0/s1. The molecule has 0 bridgehead atoms. The second-order valence-corrected chi connectivity index (χ2v) is 19.8. The number of carbonyl (C=O) groups is 4. The van der Waals surface area contributed by atoms with E-state index in [0.29, 0.717) is 49.8 Å². The van der Waals surface area contributed by atoms with Gasteiger partial charge in [0.25, 0.3) is 6.43 Å². The number of ketones is 1. The molecule has 4 aliphatic rings. The number of carbonyl (C=O) groups excluding carboxylic acids is 4. The molecule has 2 amide bonds. The van der Waals surface area contributed by atoms with Gasteiger partial charge in [0.2, 0.25) is 27.7 Å². The van der Waals surface area contributed by atoms with Crippen molar-refractivity contribution < 1.29 is 50.6 Å². The number of alkyl halides is 2. The van der Waals surface area contributed by atoms with Crippen LogP contribution in [0.3, 0.4) is 0 Å². The number of nitrogens with zero attached hydrogens (tertiary/aromatic N) is 2. The first-order chi connectivity index (χ1) is 27.3. The first-order valence-electron chi connectivity index (χ1n) is 20.6. The van der Waals surface area contributed by atoms with Gasteiger partial charge in [-0.3, -0.25) is 23.9 Å². The topological polar surface area (TPSA) is 158 Å². The number of rotatable bonds is 12. The lowest BCUT2D eigenvalue weighted by Gasteiger charge is -2.34. The molecule has 318 valence electrons. The SMILES string of the molecule is CCOc1cnc(O[C@@H]2C[C@H]3C(=O)C[C@]4(C(=O)NS(=O)(=O)C5(C)CC5)C[C@H]4/C=C\CC[C@H](C)C[C@@H](CC)[C@H](CC(=O)OC(C)(C)C(F)F)C(=O)N3C2)c2ccccc12. The van der Waals surface area contributed by atoms with Crippen LogP contribution in [-0.2, 0) is 33.9 Å². The summed E-state index contributed by atoms with van der Waals surface area (Å²) in [5.41, 5.74) is -3.42. The maximum Gasteiger partial charge on any atom is 0.307 e. The lowest BCUT2D eigenvalue weighted by Crippen LogP contribution is -2.48. The van der Waals surface area contributed by atoms with Gasteiger partial charge in [-0.2, -0.15) is 0 Å². The highest BCUT2D eigenvalue weighted by Crippen LogP contribution is 2.58. The van der Waals surface area contributed by atoms with E-state index in [1.165, 1.54) is 4.90 Å². The van der Waals surface area contributed by atoms with Crippen molar-refractivity contribution in [1.29, 1.82) is 0 Å². The number of aromatic nitrogens is 1. The molecule has 0 spiro atoms. The summed E-state index contributed by atoms with van der Waals surface area (Å²) >= 11 is 0. The van der Waals surface area contributed by atoms with Crippen molar-refractivity contribution in [3.05, 3.63) is 42.6 Å². The fourth-order valence-electron chi connectivity index (χ4n) is 8.56. The molecule has 2 aliphatic carbocycles. The van der Waals surface area contributed by atoms with Crippen LogP contribution in [0.4, 0.5) is 8.78 Å². The number of allylic oxidation sites excluding steroid dienone is 2. The van der Waals surface area contributed by atoms with Crippen LogP contribution in [0.1, 0.15) is 106 Å². The Kier molecular flexibility index (Phi) is 12.6. The highest BCUT2D eigenvalue weighted by Gasteiger charge is 2.63. The Hall–Kier alpha value is -4.14. The first-order valence-corrected chi connectivity index (χ1v) is 22.1. The molecule has 1 saturated heterocycles. The largest absolute Gasteiger partial charge is 0.492 e. The minimum atomic E-state index is -4.00. The molecule has 2 aromatic rings. The molecule has 3 fully saturated rings. The number of nitrogens with one attached hydrogen (secondary N) is 1. The summed E-state index contributed by atoms with van der Waals surface area (Å²) < 4.78 is 72.9. The van der Waals surface area contributed by atoms with Crippen LogP contribution in [0.15, 0.2) is 42.6 Å². The smallest absolute Gasteiger partial charge is 0.307 e. The van der Waals surface area contributed by atoms with E-state index in [2.05, 4.69) is 9.71 Å². The first kappa shape index (κ1) is 43.4. The molecule has 2 aliphatic heterocycles. The number of esters is 1. The van der Waals surface area contributed by atoms with Crippen LogP contribution in [-0.4, -0.2) is 83.9 Å². The maximum atomic E-state index is 15.0. The van der Waals surface area contributed by atoms with Crippen LogP contribution in [0, 0.1) is 29.1 Å². The summed E-state index contributed by atoms with van der Waals surface area (Å²) in [6.45, 7) is 10.00. The molecule has 0 radical (unpaired) electrons. The average Bonchev–Trinajstić information content (AvgIpc) is 4.05. The number of pyridine rings is 1. The summed E-state index contributed by atoms with van der Waals surface area (Å²) in [5, 5.41) is 1.42. The Morgan fingerprint density at radius 2 is 1.81 bits per heavy atom. The lowest BCUT2D eigenvalue weighted by atomic mass is 9.79. The molecule has 6 rings (SSSR count). The number of ether oxygens (including phenoxy) is 3. The van der Waals surface area contributed by atoms with Gasteiger partial charge < -0.3 is 19.1 Å². The molecule has 15 heteroatoms. The van der Waals surface area contributed by atoms with Crippen molar-refractivity contribution in [2.75, 3.05) is 13.2 Å². The summed E-state index contributed by atoms with van der Waals surface area (Å²) in [7, 11) is -4.00. The van der Waals surface area contributed by atoms with E-state index in [9.17, 15) is 31.6 Å². The number of halogens is 2. The van der Waals surface area contributed by atoms with E-state index in [1.807, 2.05) is 57.2 Å². The number of Topliss-reactive ketones (excluding diaryl/α,β-unsaturated/α-hetero) is 1. The van der Waals surface area contributed by atoms with Gasteiger partial charge in [-0.05, 0) is 90.0 Å². The Morgan fingerprint density at radius 1 is 1.10 bits per heavy atom. The molecule has 12 nitrogen and oxygen atoms in total. The van der Waals surface area contributed by atoms with Crippen molar-refractivity contribution in [1.82, 2.24) is 14.6 Å². The van der Waals surface area contributed by atoms with Crippen molar-refractivity contribution >= 4 is 44.4 Å². The van der Waals surface area contributed by atoms with Crippen molar-refractivity contribution in [3.8, 4) is 11.6 Å². The number of benzene rings is 1. The van der Waals surface area contributed by atoms with Gasteiger partial charge in [0, 0.05) is 23.6 Å². The average molecular weight is 830 g/mol. The van der Waals surface area contributed by atoms with Crippen LogP contribution >= 0.6 is 0 Å². The highest BCUT2D eigenvalue weighted by molar-refractivity contribution is 7.91. The molecule has 3 heterocycles. The Morgan fingerprint density at radius 3 is 2.47 bits per heavy atom.